The second-order valence-corrected chi connectivity index (χ2v) is 6.82. The normalized spacial score (nSPS) is 14.1. The molecule has 0 heterocycles. The molecule has 0 radical (unpaired) electrons. The van der Waals surface area contributed by atoms with E-state index < -0.39 is 6.03 Å². The van der Waals surface area contributed by atoms with Crippen molar-refractivity contribution >= 4 is 11.9 Å². The largest absolute Gasteiger partial charge is 0.337 e. The van der Waals surface area contributed by atoms with Gasteiger partial charge in [-0.15, -0.1) is 0 Å². The minimum absolute atomic E-state index is 0.187. The fourth-order valence-corrected chi connectivity index (χ4v) is 2.98. The number of carbonyl (C=O) groups is 2. The highest BCUT2D eigenvalue weighted by Gasteiger charge is 2.11. The Morgan fingerprint density at radius 3 is 2.60 bits per heavy atom. The highest BCUT2D eigenvalue weighted by Crippen LogP contribution is 2.19. The second-order valence-electron chi connectivity index (χ2n) is 6.82. The summed E-state index contributed by atoms with van der Waals surface area (Å²) in [5.74, 6) is -0.288. The maximum absolute atomic E-state index is 11.9. The Labute approximate surface area is 150 Å². The highest BCUT2D eigenvalue weighted by atomic mass is 16.2. The van der Waals surface area contributed by atoms with Crippen molar-refractivity contribution in [2.24, 2.45) is 0 Å². The van der Waals surface area contributed by atoms with Gasteiger partial charge >= 0.3 is 6.03 Å². The molecule has 0 spiro atoms. The van der Waals surface area contributed by atoms with E-state index in [9.17, 15) is 9.59 Å². The molecule has 0 unspecified atom stereocenters. The molecule has 2 N–H and O–H groups in total. The summed E-state index contributed by atoms with van der Waals surface area (Å²) in [7, 11) is 1.87. The van der Waals surface area contributed by atoms with Crippen molar-refractivity contribution in [1.29, 1.82) is 0 Å². The number of hydrogen-bond donors (Lipinski definition) is 2. The lowest BCUT2D eigenvalue weighted by molar-refractivity contribution is -0.120. The van der Waals surface area contributed by atoms with E-state index in [2.05, 4.69) is 41.0 Å². The van der Waals surface area contributed by atoms with Gasteiger partial charge in [0.15, 0.2) is 0 Å². The number of likely N-dealkylation sites (N-methyl/N-ethyl adjacent to an activating group) is 1. The van der Waals surface area contributed by atoms with E-state index in [1.54, 1.807) is 0 Å². The Hall–Kier alpha value is -2.14. The van der Waals surface area contributed by atoms with Crippen LogP contribution < -0.4 is 10.6 Å². The van der Waals surface area contributed by atoms with Crippen LogP contribution in [0.1, 0.15) is 43.2 Å². The number of hydrogen-bond acceptors (Lipinski definition) is 3. The lowest BCUT2D eigenvalue weighted by Crippen LogP contribution is -2.43. The molecular weight excluding hydrogens is 314 g/mol. The van der Waals surface area contributed by atoms with Gasteiger partial charge in [-0.1, -0.05) is 41.5 Å². The molecule has 0 saturated heterocycles. The molecule has 0 atom stereocenters. The van der Waals surface area contributed by atoms with Crippen molar-refractivity contribution in [1.82, 2.24) is 15.5 Å². The Kier molecular flexibility index (Phi) is 7.67. The zero-order valence-corrected chi connectivity index (χ0v) is 15.3. The molecule has 1 aromatic rings. The van der Waals surface area contributed by atoms with Crippen molar-refractivity contribution < 1.29 is 9.59 Å². The van der Waals surface area contributed by atoms with Crippen LogP contribution in [-0.2, 0) is 11.3 Å². The Bertz CT molecular complexity index is 608. The van der Waals surface area contributed by atoms with E-state index in [0.717, 1.165) is 24.8 Å². The monoisotopic (exact) mass is 343 g/mol. The van der Waals surface area contributed by atoms with E-state index in [1.165, 1.54) is 24.0 Å². The van der Waals surface area contributed by atoms with E-state index in [0.29, 0.717) is 13.1 Å². The van der Waals surface area contributed by atoms with E-state index >= 15 is 0 Å². The summed E-state index contributed by atoms with van der Waals surface area (Å²) < 4.78 is 0. The Balaban J connectivity index is 1.63. The number of amides is 3. The second kappa shape index (κ2) is 9.99. The van der Waals surface area contributed by atoms with Gasteiger partial charge in [-0.2, -0.15) is 0 Å². The number of rotatable bonds is 7. The van der Waals surface area contributed by atoms with Crippen LogP contribution in [0.25, 0.3) is 0 Å². The number of carbonyl (C=O) groups excluding carboxylic acids is 2. The zero-order valence-electron chi connectivity index (χ0n) is 15.3. The Morgan fingerprint density at radius 2 is 1.92 bits per heavy atom. The number of nitrogens with one attached hydrogen (secondary N) is 2. The lowest BCUT2D eigenvalue weighted by Gasteiger charge is -2.16. The van der Waals surface area contributed by atoms with Gasteiger partial charge in [0, 0.05) is 13.1 Å². The van der Waals surface area contributed by atoms with Gasteiger partial charge in [-0.3, -0.25) is 15.0 Å². The average Bonchev–Trinajstić information content (AvgIpc) is 2.57. The SMILES string of the molecule is Cc1ccc(CN(C)CC(=O)NC(=O)NCCC2=CCCCC2)cc1. The van der Waals surface area contributed by atoms with Gasteiger partial charge in [0.1, 0.15) is 0 Å². The minimum Gasteiger partial charge on any atom is -0.337 e. The fourth-order valence-electron chi connectivity index (χ4n) is 2.98. The molecule has 1 aliphatic carbocycles. The van der Waals surface area contributed by atoms with Gasteiger partial charge in [-0.05, 0) is 51.6 Å². The summed E-state index contributed by atoms with van der Waals surface area (Å²) in [6, 6.07) is 7.80. The van der Waals surface area contributed by atoms with Crippen LogP contribution in [0.5, 0.6) is 0 Å². The summed E-state index contributed by atoms with van der Waals surface area (Å²) in [6.45, 7) is 3.48. The van der Waals surface area contributed by atoms with Crippen molar-refractivity contribution in [3.63, 3.8) is 0 Å². The van der Waals surface area contributed by atoms with Crippen LogP contribution in [0.3, 0.4) is 0 Å². The fraction of sp³-hybridized carbons (Fsp3) is 0.500. The molecule has 0 aliphatic heterocycles. The molecule has 1 aromatic carbocycles. The first-order chi connectivity index (χ1) is 12.0. The summed E-state index contributed by atoms with van der Waals surface area (Å²) in [5.41, 5.74) is 3.77. The van der Waals surface area contributed by atoms with E-state index in [-0.39, 0.29) is 12.5 Å². The average molecular weight is 343 g/mol. The summed E-state index contributed by atoms with van der Waals surface area (Å²) in [4.78, 5) is 25.6. The van der Waals surface area contributed by atoms with Crippen LogP contribution in [-0.4, -0.2) is 37.0 Å². The molecule has 25 heavy (non-hydrogen) atoms. The third-order valence-electron chi connectivity index (χ3n) is 4.36. The van der Waals surface area contributed by atoms with Gasteiger partial charge in [0.05, 0.1) is 6.54 Å². The molecule has 5 nitrogen and oxygen atoms in total. The van der Waals surface area contributed by atoms with Crippen molar-refractivity contribution in [3.05, 3.63) is 47.0 Å². The smallest absolute Gasteiger partial charge is 0.321 e. The van der Waals surface area contributed by atoms with Crippen molar-refractivity contribution in [3.8, 4) is 0 Å². The summed E-state index contributed by atoms with van der Waals surface area (Å²) in [6.07, 6.45) is 7.93. The van der Waals surface area contributed by atoms with Crippen LogP contribution in [0.15, 0.2) is 35.9 Å². The molecule has 0 saturated carbocycles. The van der Waals surface area contributed by atoms with Crippen molar-refractivity contribution in [2.75, 3.05) is 20.1 Å². The van der Waals surface area contributed by atoms with Gasteiger partial charge < -0.3 is 5.32 Å². The van der Waals surface area contributed by atoms with Crippen LogP contribution in [0.2, 0.25) is 0 Å². The molecule has 2 rings (SSSR count). The lowest BCUT2D eigenvalue weighted by atomic mass is 9.97. The maximum Gasteiger partial charge on any atom is 0.321 e. The van der Waals surface area contributed by atoms with Crippen LogP contribution >= 0.6 is 0 Å². The van der Waals surface area contributed by atoms with Gasteiger partial charge in [0.25, 0.3) is 0 Å². The Morgan fingerprint density at radius 1 is 1.16 bits per heavy atom. The minimum atomic E-state index is -0.412. The molecule has 0 aromatic heterocycles. The van der Waals surface area contributed by atoms with Crippen LogP contribution in [0.4, 0.5) is 4.79 Å². The first-order valence-electron chi connectivity index (χ1n) is 9.02. The molecule has 5 heteroatoms. The molecular formula is C20H29N3O2. The third-order valence-corrected chi connectivity index (χ3v) is 4.36. The molecule has 1 aliphatic rings. The predicted molar refractivity (Wildman–Crippen MR) is 100 cm³/mol. The van der Waals surface area contributed by atoms with Crippen molar-refractivity contribution in [2.45, 2.75) is 45.6 Å². The topological polar surface area (TPSA) is 61.4 Å². The number of imide groups is 1. The number of urea groups is 1. The molecule has 3 amide bonds. The van der Waals surface area contributed by atoms with Gasteiger partial charge in [0.2, 0.25) is 5.91 Å². The van der Waals surface area contributed by atoms with Crippen LogP contribution in [0, 0.1) is 6.92 Å². The number of benzene rings is 1. The first kappa shape index (κ1) is 19.2. The maximum atomic E-state index is 11.9. The summed E-state index contributed by atoms with van der Waals surface area (Å²) >= 11 is 0. The third kappa shape index (κ3) is 7.52. The highest BCUT2D eigenvalue weighted by molar-refractivity contribution is 5.95. The first-order valence-corrected chi connectivity index (χ1v) is 9.02. The molecule has 0 fully saturated rings. The van der Waals surface area contributed by atoms with Gasteiger partial charge in [-0.25, -0.2) is 4.79 Å². The standard InChI is InChI=1S/C20H29N3O2/c1-16-8-10-18(11-9-16)14-23(2)15-19(24)22-20(25)21-13-12-17-6-4-3-5-7-17/h6,8-11H,3-5,7,12-15H2,1-2H3,(H2,21,22,24,25). The summed E-state index contributed by atoms with van der Waals surface area (Å²) in [5, 5.41) is 5.15. The molecule has 0 bridgehead atoms. The predicted octanol–water partition coefficient (Wildman–Crippen LogP) is 3.14. The van der Waals surface area contributed by atoms with E-state index in [1.807, 2.05) is 18.9 Å². The number of nitrogens with zero attached hydrogens (tertiary/aromatic N) is 1. The number of aryl methyl sites for hydroxylation is 1. The molecule has 136 valence electrons. The zero-order chi connectivity index (χ0) is 18.1. The quantitative estimate of drug-likeness (QED) is 0.748. The van der Waals surface area contributed by atoms with E-state index in [4.69, 9.17) is 0 Å². The number of allylic oxidation sites excluding steroid dienone is 1.